The lowest BCUT2D eigenvalue weighted by Crippen LogP contribution is -2.42. The van der Waals surface area contributed by atoms with Gasteiger partial charge in [-0.15, -0.1) is 0 Å². The van der Waals surface area contributed by atoms with Gasteiger partial charge < -0.3 is 14.5 Å². The van der Waals surface area contributed by atoms with Gasteiger partial charge in [0.25, 0.3) is 5.91 Å². The highest BCUT2D eigenvalue weighted by molar-refractivity contribution is 5.94. The Balaban J connectivity index is 1.60. The molecule has 0 bridgehead atoms. The van der Waals surface area contributed by atoms with E-state index in [2.05, 4.69) is 18.7 Å². The summed E-state index contributed by atoms with van der Waals surface area (Å²) in [6.07, 6.45) is 6.88. The summed E-state index contributed by atoms with van der Waals surface area (Å²) in [4.78, 5) is 17.6. The van der Waals surface area contributed by atoms with Crippen LogP contribution in [0.5, 0.6) is 0 Å². The Kier molecular flexibility index (Phi) is 7.31. The summed E-state index contributed by atoms with van der Waals surface area (Å²) in [5.41, 5.74) is 0.702. The molecule has 2 fully saturated rings. The van der Waals surface area contributed by atoms with Gasteiger partial charge in [-0.2, -0.15) is 0 Å². The molecule has 3 rings (SSSR count). The average molecular weight is 373 g/mol. The maximum absolute atomic E-state index is 13.0. The van der Waals surface area contributed by atoms with Crippen molar-refractivity contribution in [1.82, 2.24) is 9.80 Å². The van der Waals surface area contributed by atoms with Crippen molar-refractivity contribution in [2.75, 3.05) is 39.3 Å². The fourth-order valence-corrected chi connectivity index (χ4v) is 3.83. The molecule has 4 nitrogen and oxygen atoms in total. The monoisotopic (exact) mass is 372 g/mol. The summed E-state index contributed by atoms with van der Waals surface area (Å²) < 4.78 is 6.33. The van der Waals surface area contributed by atoms with E-state index >= 15 is 0 Å². The van der Waals surface area contributed by atoms with E-state index in [1.165, 1.54) is 25.8 Å². The molecule has 0 radical (unpaired) electrons. The molecule has 1 amide bonds. The van der Waals surface area contributed by atoms with Crippen LogP contribution < -0.4 is 0 Å². The normalized spacial score (nSPS) is 21.7. The number of ether oxygens (including phenoxy) is 1. The number of rotatable bonds is 4. The van der Waals surface area contributed by atoms with E-state index in [-0.39, 0.29) is 11.5 Å². The summed E-state index contributed by atoms with van der Waals surface area (Å²) in [5.74, 6) is 0.903. The van der Waals surface area contributed by atoms with E-state index < -0.39 is 0 Å². The van der Waals surface area contributed by atoms with Crippen molar-refractivity contribution < 1.29 is 9.53 Å². The Morgan fingerprint density at radius 3 is 2.52 bits per heavy atom. The molecule has 1 aliphatic heterocycles. The number of hydrogen-bond acceptors (Lipinski definition) is 3. The lowest BCUT2D eigenvalue weighted by molar-refractivity contribution is -0.00430. The van der Waals surface area contributed by atoms with E-state index in [9.17, 15) is 4.79 Å². The van der Waals surface area contributed by atoms with Crippen molar-refractivity contribution in [2.24, 2.45) is 5.92 Å². The first-order chi connectivity index (χ1) is 13.1. The fourth-order valence-electron chi connectivity index (χ4n) is 3.83. The Morgan fingerprint density at radius 2 is 1.81 bits per heavy atom. The number of hydrogen-bond donors (Lipinski definition) is 0. The van der Waals surface area contributed by atoms with Gasteiger partial charge in [0.15, 0.2) is 0 Å². The number of carbonyl (C=O) groups excluding carboxylic acids is 1. The predicted molar refractivity (Wildman–Crippen MR) is 110 cm³/mol. The largest absolute Gasteiger partial charge is 0.372 e. The van der Waals surface area contributed by atoms with Crippen LogP contribution in [0.4, 0.5) is 0 Å². The van der Waals surface area contributed by atoms with Gasteiger partial charge in [0.05, 0.1) is 12.2 Å². The van der Waals surface area contributed by atoms with Crippen LogP contribution in [-0.4, -0.2) is 60.6 Å². The summed E-state index contributed by atoms with van der Waals surface area (Å²) in [6, 6.07) is 9.69. The third kappa shape index (κ3) is 6.32. The van der Waals surface area contributed by atoms with Crippen LogP contribution in [0.3, 0.4) is 0 Å². The molecule has 2 aliphatic rings. The first kappa shape index (κ1) is 20.3. The molecule has 1 saturated heterocycles. The summed E-state index contributed by atoms with van der Waals surface area (Å²) in [6.45, 7) is 10.3. The molecule has 0 atom stereocenters. The lowest BCUT2D eigenvalue weighted by Gasteiger charge is -2.30. The van der Waals surface area contributed by atoms with Crippen molar-refractivity contribution in [3.05, 3.63) is 35.9 Å². The molecule has 0 unspecified atom stereocenters. The predicted octanol–water partition coefficient (Wildman–Crippen LogP) is 4.21. The molecule has 4 heteroatoms. The minimum atomic E-state index is -0.0899. The van der Waals surface area contributed by atoms with Crippen molar-refractivity contribution in [1.29, 1.82) is 0 Å². The molecule has 1 aromatic carbocycles. The molecular weight excluding hydrogens is 336 g/mol. The third-order valence-electron chi connectivity index (χ3n) is 5.84. The van der Waals surface area contributed by atoms with Crippen LogP contribution in [0.1, 0.15) is 62.7 Å². The van der Waals surface area contributed by atoms with E-state index in [0.717, 1.165) is 63.5 Å². The third-order valence-corrected chi connectivity index (χ3v) is 5.84. The molecule has 27 heavy (non-hydrogen) atoms. The van der Waals surface area contributed by atoms with Crippen molar-refractivity contribution >= 4 is 5.91 Å². The number of benzene rings is 1. The van der Waals surface area contributed by atoms with Crippen LogP contribution in [-0.2, 0) is 4.74 Å². The van der Waals surface area contributed by atoms with Gasteiger partial charge in [0, 0.05) is 25.2 Å². The zero-order chi connectivity index (χ0) is 19.1. The average Bonchev–Trinajstić information content (AvgIpc) is 3.43. The maximum atomic E-state index is 13.0. The minimum Gasteiger partial charge on any atom is -0.372 e. The van der Waals surface area contributed by atoms with Crippen LogP contribution in [0.2, 0.25) is 0 Å². The van der Waals surface area contributed by atoms with E-state index in [1.54, 1.807) is 0 Å². The van der Waals surface area contributed by atoms with Gasteiger partial charge in [-0.1, -0.05) is 38.5 Å². The van der Waals surface area contributed by atoms with Crippen LogP contribution >= 0.6 is 0 Å². The lowest BCUT2D eigenvalue weighted by atomic mass is 10.1. The topological polar surface area (TPSA) is 32.8 Å². The van der Waals surface area contributed by atoms with Gasteiger partial charge in [0.2, 0.25) is 0 Å². The van der Waals surface area contributed by atoms with E-state index in [0.29, 0.717) is 0 Å². The molecule has 150 valence electrons. The Labute approximate surface area is 164 Å². The van der Waals surface area contributed by atoms with Gasteiger partial charge in [-0.25, -0.2) is 0 Å². The molecule has 1 spiro atoms. The first-order valence-electron chi connectivity index (χ1n) is 10.8. The fraction of sp³-hybridized carbons (Fsp3) is 0.696. The molecule has 0 aromatic heterocycles. The zero-order valence-electron chi connectivity index (χ0n) is 17.2. The standard InChI is InChI=1S/C23H36N2O2/c1-20(2)11-16-24-14-7-4-8-15-25(19-23(12-13-23)27-18-17-24)22(26)21-9-5-3-6-10-21/h3,5-6,9-10,20H,4,7-8,11-19H2,1-2H3. The Bertz CT molecular complexity index is 583. The Hall–Kier alpha value is -1.39. The molecule has 1 aromatic rings. The number of nitrogens with zero attached hydrogens (tertiary/aromatic N) is 2. The van der Waals surface area contributed by atoms with Crippen molar-refractivity contribution in [3.63, 3.8) is 0 Å². The summed E-state index contributed by atoms with van der Waals surface area (Å²) in [5, 5.41) is 0. The van der Waals surface area contributed by atoms with E-state index in [1.807, 2.05) is 35.2 Å². The zero-order valence-corrected chi connectivity index (χ0v) is 17.2. The van der Waals surface area contributed by atoms with Gasteiger partial charge in [-0.05, 0) is 63.2 Å². The first-order valence-corrected chi connectivity index (χ1v) is 10.8. The second-order valence-corrected chi connectivity index (χ2v) is 8.71. The summed E-state index contributed by atoms with van der Waals surface area (Å²) >= 11 is 0. The minimum absolute atomic E-state index is 0.0899. The van der Waals surface area contributed by atoms with E-state index in [4.69, 9.17) is 4.74 Å². The van der Waals surface area contributed by atoms with Crippen LogP contribution in [0, 0.1) is 5.92 Å². The highest BCUT2D eigenvalue weighted by Gasteiger charge is 2.46. The van der Waals surface area contributed by atoms with Crippen molar-refractivity contribution in [2.45, 2.75) is 58.0 Å². The maximum Gasteiger partial charge on any atom is 0.253 e. The van der Waals surface area contributed by atoms with Gasteiger partial charge in [0.1, 0.15) is 0 Å². The molecule has 0 N–H and O–H groups in total. The van der Waals surface area contributed by atoms with Gasteiger partial charge in [-0.3, -0.25) is 4.79 Å². The van der Waals surface area contributed by atoms with Gasteiger partial charge >= 0.3 is 0 Å². The number of amides is 1. The SMILES string of the molecule is CC(C)CCN1CCCCCN(C(=O)c2ccccc2)CC2(CC2)OCC1. The second kappa shape index (κ2) is 9.70. The molecular formula is C23H36N2O2. The van der Waals surface area contributed by atoms with Crippen molar-refractivity contribution in [3.8, 4) is 0 Å². The summed E-state index contributed by atoms with van der Waals surface area (Å²) in [7, 11) is 0. The highest BCUT2D eigenvalue weighted by atomic mass is 16.5. The van der Waals surface area contributed by atoms with Crippen LogP contribution in [0.25, 0.3) is 0 Å². The molecule has 1 heterocycles. The van der Waals surface area contributed by atoms with Crippen LogP contribution in [0.15, 0.2) is 30.3 Å². The molecule has 1 saturated carbocycles. The quantitative estimate of drug-likeness (QED) is 0.794. The molecule has 1 aliphatic carbocycles. The second-order valence-electron chi connectivity index (χ2n) is 8.71. The number of carbonyl (C=O) groups is 1. The Morgan fingerprint density at radius 1 is 1.07 bits per heavy atom. The smallest absolute Gasteiger partial charge is 0.253 e. The highest BCUT2D eigenvalue weighted by Crippen LogP contribution is 2.40.